The van der Waals surface area contributed by atoms with Gasteiger partial charge in [0.2, 0.25) is 0 Å². The van der Waals surface area contributed by atoms with Gasteiger partial charge < -0.3 is 0 Å². The van der Waals surface area contributed by atoms with Gasteiger partial charge in [0.15, 0.2) is 0 Å². The molecule has 2 aliphatic carbocycles. The molecule has 0 heteroatoms. The second-order valence-electron chi connectivity index (χ2n) is 4.01. The molecule has 0 N–H and O–H groups in total. The minimum atomic E-state index is 1.33. The number of rotatable bonds is 5. The molecular weight excluding hydrogens is 144 g/mol. The van der Waals surface area contributed by atoms with Crippen LogP contribution in [0.25, 0.3) is 0 Å². The molecule has 0 atom stereocenters. The fourth-order valence-electron chi connectivity index (χ4n) is 1.45. The topological polar surface area (TPSA) is 0 Å². The van der Waals surface area contributed by atoms with Crippen LogP contribution >= 0.6 is 0 Å². The third kappa shape index (κ3) is 3.25. The summed E-state index contributed by atoms with van der Waals surface area (Å²) in [5.74, 6) is 0. The van der Waals surface area contributed by atoms with Crippen molar-refractivity contribution in [2.24, 2.45) is 0 Å². The Bertz CT molecular complexity index is 172. The fourth-order valence-corrected chi connectivity index (χ4v) is 1.45. The largest absolute Gasteiger partial charge is 0.0853 e. The molecule has 2 saturated carbocycles. The second-order valence-corrected chi connectivity index (χ2v) is 4.01. The van der Waals surface area contributed by atoms with Crippen molar-refractivity contribution in [3.05, 3.63) is 23.3 Å². The average molecular weight is 162 g/mol. The van der Waals surface area contributed by atoms with Gasteiger partial charge in [-0.15, -0.1) is 0 Å². The molecule has 0 unspecified atom stereocenters. The molecule has 0 bridgehead atoms. The molecule has 2 fully saturated rings. The van der Waals surface area contributed by atoms with Crippen molar-refractivity contribution >= 4 is 0 Å². The minimum absolute atomic E-state index is 1.33. The van der Waals surface area contributed by atoms with E-state index in [1.807, 2.05) is 0 Å². The van der Waals surface area contributed by atoms with Gasteiger partial charge in [-0.3, -0.25) is 0 Å². The van der Waals surface area contributed by atoms with Crippen molar-refractivity contribution in [1.29, 1.82) is 0 Å². The van der Waals surface area contributed by atoms with Gasteiger partial charge in [0, 0.05) is 0 Å². The Morgan fingerprint density at radius 3 is 1.50 bits per heavy atom. The Morgan fingerprint density at radius 1 is 0.750 bits per heavy atom. The van der Waals surface area contributed by atoms with Crippen molar-refractivity contribution in [3.8, 4) is 0 Å². The van der Waals surface area contributed by atoms with Gasteiger partial charge in [-0.25, -0.2) is 0 Å². The molecule has 2 aliphatic rings. The zero-order valence-electron chi connectivity index (χ0n) is 7.81. The molecule has 0 radical (unpaired) electrons. The fraction of sp³-hybridized carbons (Fsp3) is 0.667. The maximum absolute atomic E-state index is 2.45. The second kappa shape index (κ2) is 3.93. The van der Waals surface area contributed by atoms with Crippen LogP contribution in [-0.4, -0.2) is 0 Å². The van der Waals surface area contributed by atoms with E-state index in [-0.39, 0.29) is 0 Å². The van der Waals surface area contributed by atoms with Gasteiger partial charge in [0.25, 0.3) is 0 Å². The first-order valence-corrected chi connectivity index (χ1v) is 5.31. The van der Waals surface area contributed by atoms with E-state index < -0.39 is 0 Å². The summed E-state index contributed by atoms with van der Waals surface area (Å²) in [7, 11) is 0. The number of hydrogen-bond donors (Lipinski definition) is 0. The zero-order valence-corrected chi connectivity index (χ0v) is 7.81. The quantitative estimate of drug-likeness (QED) is 0.423. The molecule has 0 nitrogen and oxygen atoms in total. The van der Waals surface area contributed by atoms with Crippen molar-refractivity contribution in [2.45, 2.75) is 51.4 Å². The van der Waals surface area contributed by atoms with Gasteiger partial charge in [0.1, 0.15) is 0 Å². The predicted octanol–water partition coefficient (Wildman–Crippen LogP) is 3.99. The lowest BCUT2D eigenvalue weighted by Gasteiger charge is -1.91. The smallest absolute Gasteiger partial charge is 0.0283 e. The summed E-state index contributed by atoms with van der Waals surface area (Å²) in [5.41, 5.74) is 3.41. The van der Waals surface area contributed by atoms with Crippen molar-refractivity contribution in [2.75, 3.05) is 0 Å². The summed E-state index contributed by atoms with van der Waals surface area (Å²) in [6.45, 7) is 0. The molecule has 66 valence electrons. The molecule has 12 heavy (non-hydrogen) atoms. The SMILES string of the molecule is C(CCCCC=C1CC1)=C1CC1. The molecule has 0 amide bonds. The van der Waals surface area contributed by atoms with Crippen LogP contribution in [0.2, 0.25) is 0 Å². The highest BCUT2D eigenvalue weighted by Gasteiger charge is 2.09. The Kier molecular flexibility index (Phi) is 2.65. The van der Waals surface area contributed by atoms with Crippen LogP contribution in [0.3, 0.4) is 0 Å². The van der Waals surface area contributed by atoms with Crippen LogP contribution in [0, 0.1) is 0 Å². The van der Waals surface area contributed by atoms with Crippen LogP contribution in [0.15, 0.2) is 23.3 Å². The molecule has 0 aromatic heterocycles. The molecular formula is C12H18. The maximum Gasteiger partial charge on any atom is -0.0283 e. The lowest BCUT2D eigenvalue weighted by Crippen LogP contribution is -1.71. The average Bonchev–Trinajstić information content (AvgIpc) is 2.89. The van der Waals surface area contributed by atoms with E-state index >= 15 is 0 Å². The van der Waals surface area contributed by atoms with E-state index in [1.165, 1.54) is 51.4 Å². The highest BCUT2D eigenvalue weighted by molar-refractivity contribution is 5.16. The number of hydrogen-bond acceptors (Lipinski definition) is 0. The van der Waals surface area contributed by atoms with E-state index in [9.17, 15) is 0 Å². The van der Waals surface area contributed by atoms with E-state index in [0.29, 0.717) is 0 Å². The van der Waals surface area contributed by atoms with Crippen molar-refractivity contribution in [1.82, 2.24) is 0 Å². The Morgan fingerprint density at radius 2 is 1.17 bits per heavy atom. The highest BCUT2D eigenvalue weighted by Crippen LogP contribution is 2.29. The summed E-state index contributed by atoms with van der Waals surface area (Å²) < 4.78 is 0. The maximum atomic E-state index is 2.45. The van der Waals surface area contributed by atoms with E-state index in [4.69, 9.17) is 0 Å². The minimum Gasteiger partial charge on any atom is -0.0853 e. The first-order valence-electron chi connectivity index (χ1n) is 5.31. The summed E-state index contributed by atoms with van der Waals surface area (Å²) >= 11 is 0. The normalized spacial score (nSPS) is 19.3. The zero-order chi connectivity index (χ0) is 8.23. The van der Waals surface area contributed by atoms with Gasteiger partial charge in [0.05, 0.1) is 0 Å². The molecule has 0 heterocycles. The van der Waals surface area contributed by atoms with Gasteiger partial charge in [-0.2, -0.15) is 0 Å². The lowest BCUT2D eigenvalue weighted by molar-refractivity contribution is 0.760. The monoisotopic (exact) mass is 162 g/mol. The van der Waals surface area contributed by atoms with Gasteiger partial charge in [-0.1, -0.05) is 23.3 Å². The first-order chi connectivity index (χ1) is 5.95. The Hall–Kier alpha value is -0.520. The summed E-state index contributed by atoms with van der Waals surface area (Å²) in [6.07, 6.45) is 15.9. The van der Waals surface area contributed by atoms with Gasteiger partial charge >= 0.3 is 0 Å². The van der Waals surface area contributed by atoms with Gasteiger partial charge in [-0.05, 0) is 51.4 Å². The summed E-state index contributed by atoms with van der Waals surface area (Å²) in [6, 6.07) is 0. The third-order valence-electron chi connectivity index (χ3n) is 2.60. The summed E-state index contributed by atoms with van der Waals surface area (Å²) in [5, 5.41) is 0. The van der Waals surface area contributed by atoms with Crippen LogP contribution < -0.4 is 0 Å². The summed E-state index contributed by atoms with van der Waals surface area (Å²) in [4.78, 5) is 0. The van der Waals surface area contributed by atoms with E-state index in [0.717, 1.165) is 0 Å². The molecule has 0 saturated heterocycles. The molecule has 0 aliphatic heterocycles. The molecule has 0 spiro atoms. The van der Waals surface area contributed by atoms with Crippen LogP contribution in [0.5, 0.6) is 0 Å². The standard InChI is InChI=1S/C12H18/c1(3-5-11-7-8-11)2-4-6-12-9-10-12/h5-6H,1-4,7-10H2. The lowest BCUT2D eigenvalue weighted by atomic mass is 10.2. The van der Waals surface area contributed by atoms with Crippen molar-refractivity contribution < 1.29 is 0 Å². The van der Waals surface area contributed by atoms with Crippen LogP contribution in [0.1, 0.15) is 51.4 Å². The Balaban J connectivity index is 1.45. The van der Waals surface area contributed by atoms with Crippen molar-refractivity contribution in [3.63, 3.8) is 0 Å². The van der Waals surface area contributed by atoms with Crippen LogP contribution in [0.4, 0.5) is 0 Å². The first kappa shape index (κ1) is 8.10. The third-order valence-corrected chi connectivity index (χ3v) is 2.60. The van der Waals surface area contributed by atoms with Crippen LogP contribution in [-0.2, 0) is 0 Å². The highest BCUT2D eigenvalue weighted by atomic mass is 14.2. The molecule has 2 rings (SSSR count). The molecule has 0 aromatic rings. The number of unbranched alkanes of at least 4 members (excludes halogenated alkanes) is 3. The van der Waals surface area contributed by atoms with E-state index in [2.05, 4.69) is 12.2 Å². The Labute approximate surface area is 75.4 Å². The predicted molar refractivity (Wildman–Crippen MR) is 53.1 cm³/mol. The molecule has 0 aromatic carbocycles. The number of allylic oxidation sites excluding steroid dienone is 4. The van der Waals surface area contributed by atoms with E-state index in [1.54, 1.807) is 11.1 Å².